The number of benzene rings is 2. The summed E-state index contributed by atoms with van der Waals surface area (Å²) >= 11 is 0. The molecule has 0 saturated carbocycles. The highest BCUT2D eigenvalue weighted by molar-refractivity contribution is 5.99. The molecule has 0 saturated heterocycles. The highest BCUT2D eigenvalue weighted by atomic mass is 19.1. The van der Waals surface area contributed by atoms with Crippen LogP contribution in [-0.2, 0) is 6.54 Å². The van der Waals surface area contributed by atoms with Crippen molar-refractivity contribution in [2.45, 2.75) is 12.6 Å². The largest absolute Gasteiger partial charge is 0.486 e. The van der Waals surface area contributed by atoms with E-state index in [1.807, 2.05) is 24.3 Å². The van der Waals surface area contributed by atoms with Crippen LogP contribution in [0.1, 0.15) is 0 Å². The van der Waals surface area contributed by atoms with Crippen LogP contribution < -0.4 is 20.1 Å². The highest BCUT2D eigenvalue weighted by Crippen LogP contribution is 2.31. The van der Waals surface area contributed by atoms with Gasteiger partial charge in [0, 0.05) is 6.20 Å². The Hall–Kier alpha value is -3.62. The number of carbonyl (C=O) groups excluding carboxylic acids is 1. The summed E-state index contributed by atoms with van der Waals surface area (Å²) < 4.78 is 40.3. The van der Waals surface area contributed by atoms with Gasteiger partial charge in [-0.25, -0.2) is 13.6 Å². The minimum absolute atomic E-state index is 0.246. The van der Waals surface area contributed by atoms with Gasteiger partial charge in [-0.2, -0.15) is 5.10 Å². The van der Waals surface area contributed by atoms with Crippen molar-refractivity contribution in [3.63, 3.8) is 0 Å². The summed E-state index contributed by atoms with van der Waals surface area (Å²) in [4.78, 5) is 12.0. The van der Waals surface area contributed by atoms with Crippen molar-refractivity contribution >= 4 is 17.4 Å². The number of rotatable bonds is 4. The number of hydrogen-bond acceptors (Lipinski definition) is 4. The van der Waals surface area contributed by atoms with Crippen molar-refractivity contribution in [3.8, 4) is 11.5 Å². The zero-order valence-electron chi connectivity index (χ0n) is 14.6. The smallest absolute Gasteiger partial charge is 0.323 e. The Morgan fingerprint density at radius 1 is 1.11 bits per heavy atom. The normalized spacial score (nSPS) is 15.1. The van der Waals surface area contributed by atoms with E-state index in [0.29, 0.717) is 30.3 Å². The number of nitrogens with one attached hydrogen (secondary N) is 2. The molecule has 1 aliphatic heterocycles. The van der Waals surface area contributed by atoms with Crippen molar-refractivity contribution in [2.75, 3.05) is 17.2 Å². The standard InChI is InChI=1S/C19H16F2N4O3/c20-14-4-3-5-15(21)18(14)24-19(26)23-12-8-22-25(9-12)10-13-11-27-16-6-1-2-7-17(16)28-13/h1-9,13H,10-11H2,(H2,23,24,26). The SMILES string of the molecule is O=C(Nc1cnn(CC2COc3ccccc3O2)c1)Nc1c(F)cccc1F. The first-order valence-electron chi connectivity index (χ1n) is 8.51. The molecule has 1 unspecified atom stereocenters. The summed E-state index contributed by atoms with van der Waals surface area (Å²) in [6.07, 6.45) is 2.76. The fourth-order valence-corrected chi connectivity index (χ4v) is 2.78. The molecular formula is C19H16F2N4O3. The molecule has 2 N–H and O–H groups in total. The molecule has 144 valence electrons. The number of urea groups is 1. The third-order valence-electron chi connectivity index (χ3n) is 4.05. The zero-order valence-corrected chi connectivity index (χ0v) is 14.6. The van der Waals surface area contributed by atoms with Gasteiger partial charge in [-0.05, 0) is 24.3 Å². The van der Waals surface area contributed by atoms with E-state index in [-0.39, 0.29) is 6.10 Å². The van der Waals surface area contributed by atoms with Crippen LogP contribution in [0, 0.1) is 11.6 Å². The highest BCUT2D eigenvalue weighted by Gasteiger charge is 2.21. The molecule has 7 nitrogen and oxygen atoms in total. The summed E-state index contributed by atoms with van der Waals surface area (Å²) in [5.41, 5.74) is -0.148. The van der Waals surface area contributed by atoms with E-state index in [1.165, 1.54) is 12.3 Å². The van der Waals surface area contributed by atoms with Gasteiger partial charge in [-0.1, -0.05) is 18.2 Å². The van der Waals surface area contributed by atoms with Crippen LogP contribution in [0.4, 0.5) is 25.0 Å². The molecule has 0 bridgehead atoms. The molecular weight excluding hydrogens is 370 g/mol. The number of anilines is 2. The number of para-hydroxylation sites is 3. The summed E-state index contributed by atoms with van der Waals surface area (Å²) in [5, 5.41) is 8.78. The van der Waals surface area contributed by atoms with E-state index in [1.54, 1.807) is 10.9 Å². The van der Waals surface area contributed by atoms with Crippen LogP contribution in [0.25, 0.3) is 0 Å². The first-order valence-corrected chi connectivity index (χ1v) is 8.51. The van der Waals surface area contributed by atoms with Gasteiger partial charge < -0.3 is 20.1 Å². The first kappa shape index (κ1) is 17.8. The number of fused-ring (bicyclic) bond motifs is 1. The summed E-state index contributed by atoms with van der Waals surface area (Å²) in [6, 6.07) is 9.93. The molecule has 0 radical (unpaired) electrons. The van der Waals surface area contributed by atoms with Gasteiger partial charge in [-0.3, -0.25) is 4.68 Å². The number of nitrogens with zero attached hydrogens (tertiary/aromatic N) is 2. The van der Waals surface area contributed by atoms with Crippen LogP contribution in [0.5, 0.6) is 11.5 Å². The fraction of sp³-hybridized carbons (Fsp3) is 0.158. The van der Waals surface area contributed by atoms with Gasteiger partial charge in [0.15, 0.2) is 17.6 Å². The Kier molecular flexibility index (Phi) is 4.79. The molecule has 2 amide bonds. The van der Waals surface area contributed by atoms with E-state index in [9.17, 15) is 13.6 Å². The average molecular weight is 386 g/mol. The second-order valence-corrected chi connectivity index (χ2v) is 6.12. The Bertz CT molecular complexity index is 988. The molecule has 4 rings (SSSR count). The molecule has 28 heavy (non-hydrogen) atoms. The predicted octanol–water partition coefficient (Wildman–Crippen LogP) is 3.65. The zero-order chi connectivity index (χ0) is 19.5. The fourth-order valence-electron chi connectivity index (χ4n) is 2.78. The molecule has 0 aliphatic carbocycles. The van der Waals surface area contributed by atoms with Crippen LogP contribution >= 0.6 is 0 Å². The Morgan fingerprint density at radius 2 is 1.86 bits per heavy atom. The van der Waals surface area contributed by atoms with E-state index in [0.717, 1.165) is 12.1 Å². The summed E-state index contributed by atoms with van der Waals surface area (Å²) in [5.74, 6) is -0.365. The molecule has 2 aromatic carbocycles. The Morgan fingerprint density at radius 3 is 2.64 bits per heavy atom. The van der Waals surface area contributed by atoms with Crippen LogP contribution in [0.3, 0.4) is 0 Å². The van der Waals surface area contributed by atoms with E-state index in [2.05, 4.69) is 15.7 Å². The predicted molar refractivity (Wildman–Crippen MR) is 97.6 cm³/mol. The number of carbonyl (C=O) groups is 1. The molecule has 1 aromatic heterocycles. The van der Waals surface area contributed by atoms with Gasteiger partial charge in [0.1, 0.15) is 23.9 Å². The molecule has 1 atom stereocenters. The van der Waals surface area contributed by atoms with Gasteiger partial charge in [-0.15, -0.1) is 0 Å². The molecule has 2 heterocycles. The van der Waals surface area contributed by atoms with E-state index in [4.69, 9.17) is 9.47 Å². The summed E-state index contributed by atoms with van der Waals surface area (Å²) in [7, 11) is 0. The van der Waals surface area contributed by atoms with Crippen molar-refractivity contribution in [1.82, 2.24) is 9.78 Å². The van der Waals surface area contributed by atoms with Crippen molar-refractivity contribution in [3.05, 3.63) is 66.5 Å². The number of ether oxygens (including phenoxy) is 2. The van der Waals surface area contributed by atoms with Gasteiger partial charge in [0.2, 0.25) is 0 Å². The lowest BCUT2D eigenvalue weighted by Gasteiger charge is -2.26. The van der Waals surface area contributed by atoms with Crippen molar-refractivity contribution < 1.29 is 23.0 Å². The lowest BCUT2D eigenvalue weighted by Crippen LogP contribution is -2.33. The third-order valence-corrected chi connectivity index (χ3v) is 4.05. The summed E-state index contributed by atoms with van der Waals surface area (Å²) in [6.45, 7) is 0.770. The van der Waals surface area contributed by atoms with Crippen molar-refractivity contribution in [1.29, 1.82) is 0 Å². The third kappa shape index (κ3) is 3.88. The number of aromatic nitrogens is 2. The second-order valence-electron chi connectivity index (χ2n) is 6.12. The van der Waals surface area contributed by atoms with Crippen LogP contribution in [-0.4, -0.2) is 28.5 Å². The number of halogens is 2. The molecule has 0 fully saturated rings. The maximum atomic E-state index is 13.6. The maximum absolute atomic E-state index is 13.6. The number of amides is 2. The van der Waals surface area contributed by atoms with E-state index < -0.39 is 23.4 Å². The number of hydrogen-bond donors (Lipinski definition) is 2. The Balaban J connectivity index is 1.35. The molecule has 3 aromatic rings. The minimum Gasteiger partial charge on any atom is -0.486 e. The van der Waals surface area contributed by atoms with Gasteiger partial charge in [0.25, 0.3) is 0 Å². The van der Waals surface area contributed by atoms with E-state index >= 15 is 0 Å². The first-order chi connectivity index (χ1) is 13.6. The maximum Gasteiger partial charge on any atom is 0.323 e. The van der Waals surface area contributed by atoms with Crippen LogP contribution in [0.2, 0.25) is 0 Å². The molecule has 1 aliphatic rings. The topological polar surface area (TPSA) is 77.4 Å². The molecule has 9 heteroatoms. The van der Waals surface area contributed by atoms with Gasteiger partial charge in [0.05, 0.1) is 18.4 Å². The quantitative estimate of drug-likeness (QED) is 0.718. The average Bonchev–Trinajstić information content (AvgIpc) is 3.11. The Labute approximate surface area is 158 Å². The minimum atomic E-state index is -0.861. The monoisotopic (exact) mass is 386 g/mol. The second kappa shape index (κ2) is 7.55. The molecule has 0 spiro atoms. The van der Waals surface area contributed by atoms with Crippen LogP contribution in [0.15, 0.2) is 54.9 Å². The van der Waals surface area contributed by atoms with Gasteiger partial charge >= 0.3 is 6.03 Å². The lowest BCUT2D eigenvalue weighted by molar-refractivity contribution is 0.0759. The van der Waals surface area contributed by atoms with Crippen molar-refractivity contribution in [2.24, 2.45) is 0 Å². The lowest BCUT2D eigenvalue weighted by atomic mass is 10.2.